The molecular weight excluding hydrogens is 462 g/mol. The Kier molecular flexibility index (Phi) is 14.6. The molecule has 36 heavy (non-hydrogen) atoms. The molecule has 1 saturated heterocycles. The molecule has 0 aliphatic carbocycles. The molecule has 1 N–H and O–H groups in total. The average Bonchev–Trinajstić information content (AvgIpc) is 2.75. The van der Waals surface area contributed by atoms with E-state index in [1.54, 1.807) is 4.90 Å². The van der Waals surface area contributed by atoms with E-state index >= 15 is 0 Å². The van der Waals surface area contributed by atoms with Gasteiger partial charge in [0, 0.05) is 62.6 Å². The molecule has 1 aliphatic rings. The molecule has 0 spiro atoms. The molecule has 1 amide bonds. The van der Waals surface area contributed by atoms with E-state index in [9.17, 15) is 9.59 Å². The van der Waals surface area contributed by atoms with Crippen LogP contribution in [0.5, 0.6) is 0 Å². The van der Waals surface area contributed by atoms with Crippen LogP contribution in [-0.4, -0.2) is 119 Å². The second kappa shape index (κ2) is 16.0. The molecule has 9 heteroatoms. The molecule has 1 heterocycles. The minimum absolute atomic E-state index is 0.0988. The van der Waals surface area contributed by atoms with Crippen LogP contribution in [0.2, 0.25) is 0 Å². The molecule has 1 rings (SSSR count). The predicted octanol–water partition coefficient (Wildman–Crippen LogP) is 2.37. The standard InChI is InChI=1S/C27H53N3O6/c1-25(2,3)23(31)10-13-33-15-17-35-19-20-36-18-16-34-14-12-29(8)24(32)9-11-28-27(7)21-30(22-27)26(4,5)6/h28H,9-22H2,1-8H3. The van der Waals surface area contributed by atoms with Gasteiger partial charge >= 0.3 is 0 Å². The number of likely N-dealkylation sites (tertiary alicyclic amines) is 1. The number of likely N-dealkylation sites (N-methyl/N-ethyl adjacent to an activating group) is 1. The lowest BCUT2D eigenvalue weighted by Gasteiger charge is -2.54. The first-order valence-corrected chi connectivity index (χ1v) is 13.3. The van der Waals surface area contributed by atoms with Crippen molar-refractivity contribution in [2.45, 2.75) is 72.4 Å². The molecule has 9 nitrogen and oxygen atoms in total. The van der Waals surface area contributed by atoms with Gasteiger partial charge in [-0.3, -0.25) is 14.5 Å². The first-order chi connectivity index (χ1) is 16.7. The number of nitrogens with zero attached hydrogens (tertiary/aromatic N) is 2. The fourth-order valence-electron chi connectivity index (χ4n) is 3.67. The largest absolute Gasteiger partial charge is 0.379 e. The summed E-state index contributed by atoms with van der Waals surface area (Å²) in [6.45, 7) is 21.8. The lowest BCUT2D eigenvalue weighted by atomic mass is 9.87. The lowest BCUT2D eigenvalue weighted by molar-refractivity contribution is -0.130. The third-order valence-corrected chi connectivity index (χ3v) is 6.34. The van der Waals surface area contributed by atoms with Crippen molar-refractivity contribution in [2.24, 2.45) is 5.41 Å². The highest BCUT2D eigenvalue weighted by molar-refractivity contribution is 5.83. The van der Waals surface area contributed by atoms with Gasteiger partial charge in [-0.1, -0.05) is 20.8 Å². The van der Waals surface area contributed by atoms with Crippen molar-refractivity contribution >= 4 is 11.7 Å². The highest BCUT2D eigenvalue weighted by Gasteiger charge is 2.42. The molecule has 0 bridgehead atoms. The van der Waals surface area contributed by atoms with Crippen LogP contribution < -0.4 is 5.32 Å². The second-order valence-electron chi connectivity index (χ2n) is 12.0. The van der Waals surface area contributed by atoms with E-state index in [0.29, 0.717) is 78.8 Å². The van der Waals surface area contributed by atoms with Crippen molar-refractivity contribution in [1.29, 1.82) is 0 Å². The second-order valence-corrected chi connectivity index (χ2v) is 12.0. The zero-order valence-corrected chi connectivity index (χ0v) is 24.2. The number of rotatable bonds is 19. The summed E-state index contributed by atoms with van der Waals surface area (Å²) in [4.78, 5) is 28.3. The van der Waals surface area contributed by atoms with Gasteiger partial charge in [-0.05, 0) is 27.7 Å². The molecule has 0 unspecified atom stereocenters. The van der Waals surface area contributed by atoms with Crippen molar-refractivity contribution < 1.29 is 28.5 Å². The topological polar surface area (TPSA) is 89.6 Å². The summed E-state index contributed by atoms with van der Waals surface area (Å²) in [5, 5.41) is 3.54. The van der Waals surface area contributed by atoms with Crippen LogP contribution >= 0.6 is 0 Å². The molecule has 0 saturated carbocycles. The van der Waals surface area contributed by atoms with Crippen LogP contribution in [0, 0.1) is 5.41 Å². The van der Waals surface area contributed by atoms with Crippen molar-refractivity contribution in [1.82, 2.24) is 15.1 Å². The van der Waals surface area contributed by atoms with E-state index in [0.717, 1.165) is 13.1 Å². The Labute approximate surface area is 219 Å². The summed E-state index contributed by atoms with van der Waals surface area (Å²) in [5.74, 6) is 0.330. The maximum Gasteiger partial charge on any atom is 0.223 e. The molecule has 0 atom stereocenters. The van der Waals surface area contributed by atoms with E-state index < -0.39 is 0 Å². The molecule has 212 valence electrons. The fourth-order valence-corrected chi connectivity index (χ4v) is 3.67. The molecule has 0 aromatic rings. The lowest BCUT2D eigenvalue weighted by Crippen LogP contribution is -2.71. The fraction of sp³-hybridized carbons (Fsp3) is 0.926. The minimum Gasteiger partial charge on any atom is -0.379 e. The van der Waals surface area contributed by atoms with Crippen LogP contribution in [0.1, 0.15) is 61.3 Å². The van der Waals surface area contributed by atoms with Gasteiger partial charge < -0.3 is 29.2 Å². The number of carbonyl (C=O) groups is 2. The number of ketones is 1. The molecule has 0 radical (unpaired) electrons. The molecule has 1 aliphatic heterocycles. The van der Waals surface area contributed by atoms with Gasteiger partial charge in [-0.15, -0.1) is 0 Å². The van der Waals surface area contributed by atoms with Crippen LogP contribution in [0.3, 0.4) is 0 Å². The van der Waals surface area contributed by atoms with Crippen molar-refractivity contribution in [3.05, 3.63) is 0 Å². The van der Waals surface area contributed by atoms with Gasteiger partial charge in [0.05, 0.1) is 52.9 Å². The summed E-state index contributed by atoms with van der Waals surface area (Å²) in [6, 6.07) is 0. The summed E-state index contributed by atoms with van der Waals surface area (Å²) in [7, 11) is 1.82. The number of Topliss-reactive ketones (excluding diaryl/α,β-unsaturated/α-hetero) is 1. The van der Waals surface area contributed by atoms with Gasteiger partial charge in [-0.25, -0.2) is 0 Å². The monoisotopic (exact) mass is 515 g/mol. The summed E-state index contributed by atoms with van der Waals surface area (Å²) in [5.41, 5.74) is -0.0158. The quantitative estimate of drug-likeness (QED) is 0.262. The highest BCUT2D eigenvalue weighted by atomic mass is 16.6. The Hall–Kier alpha value is -1.10. The van der Waals surface area contributed by atoms with E-state index in [1.165, 1.54) is 0 Å². The summed E-state index contributed by atoms with van der Waals surface area (Å²) in [6.07, 6.45) is 0.925. The van der Waals surface area contributed by atoms with Crippen LogP contribution in [0.25, 0.3) is 0 Å². The molecular formula is C27H53N3O6. The van der Waals surface area contributed by atoms with Gasteiger partial charge in [-0.2, -0.15) is 0 Å². The molecule has 0 aromatic carbocycles. The van der Waals surface area contributed by atoms with Gasteiger partial charge in [0.25, 0.3) is 0 Å². The molecule has 1 fully saturated rings. The average molecular weight is 516 g/mol. The Morgan fingerprint density at radius 2 is 1.28 bits per heavy atom. The smallest absolute Gasteiger partial charge is 0.223 e. The van der Waals surface area contributed by atoms with Crippen LogP contribution in [-0.2, 0) is 28.5 Å². The van der Waals surface area contributed by atoms with Crippen molar-refractivity contribution in [3.8, 4) is 0 Å². The maximum atomic E-state index is 12.3. The van der Waals surface area contributed by atoms with Crippen molar-refractivity contribution in [2.75, 3.05) is 86.1 Å². The predicted molar refractivity (Wildman–Crippen MR) is 142 cm³/mol. The minimum atomic E-state index is -0.310. The Bertz CT molecular complexity index is 638. The summed E-state index contributed by atoms with van der Waals surface area (Å²) < 4.78 is 21.9. The zero-order chi connectivity index (χ0) is 27.2. The van der Waals surface area contributed by atoms with Gasteiger partial charge in [0.2, 0.25) is 5.91 Å². The number of nitrogens with one attached hydrogen (secondary N) is 1. The summed E-state index contributed by atoms with van der Waals surface area (Å²) >= 11 is 0. The third kappa shape index (κ3) is 14.0. The van der Waals surface area contributed by atoms with E-state index in [2.05, 4.69) is 37.9 Å². The van der Waals surface area contributed by atoms with Crippen LogP contribution in [0.15, 0.2) is 0 Å². The number of ether oxygens (including phenoxy) is 4. The van der Waals surface area contributed by atoms with Gasteiger partial charge in [0.1, 0.15) is 5.78 Å². The van der Waals surface area contributed by atoms with Gasteiger partial charge in [0.15, 0.2) is 0 Å². The Morgan fingerprint density at radius 1 is 0.806 bits per heavy atom. The first kappa shape index (κ1) is 32.9. The Morgan fingerprint density at radius 3 is 1.75 bits per heavy atom. The van der Waals surface area contributed by atoms with E-state index in [1.807, 2.05) is 27.8 Å². The van der Waals surface area contributed by atoms with E-state index in [4.69, 9.17) is 18.9 Å². The first-order valence-electron chi connectivity index (χ1n) is 13.3. The maximum absolute atomic E-state index is 12.3. The normalized spacial score (nSPS) is 16.1. The molecule has 0 aromatic heterocycles. The number of amides is 1. The number of carbonyl (C=O) groups excluding carboxylic acids is 2. The zero-order valence-electron chi connectivity index (χ0n) is 24.2. The van der Waals surface area contributed by atoms with Crippen molar-refractivity contribution in [3.63, 3.8) is 0 Å². The Balaban J connectivity index is 1.89. The highest BCUT2D eigenvalue weighted by Crippen LogP contribution is 2.28. The third-order valence-electron chi connectivity index (χ3n) is 6.34. The number of hydrogen-bond donors (Lipinski definition) is 1. The van der Waals surface area contributed by atoms with Crippen LogP contribution in [0.4, 0.5) is 0 Å². The number of hydrogen-bond acceptors (Lipinski definition) is 8. The SMILES string of the molecule is CN(CCOCCOCCOCCOCCC(=O)C(C)(C)C)C(=O)CCNC1(C)CN(C(C)(C)C)C1. The van der Waals surface area contributed by atoms with E-state index in [-0.39, 0.29) is 28.2 Å².